The minimum atomic E-state index is -0.0939. The van der Waals surface area contributed by atoms with Crippen molar-refractivity contribution in [3.05, 3.63) is 71.1 Å². The van der Waals surface area contributed by atoms with Gasteiger partial charge in [0.2, 0.25) is 5.91 Å². The Hall–Kier alpha value is -2.79. The van der Waals surface area contributed by atoms with Crippen molar-refractivity contribution < 1.29 is 4.79 Å². The number of hydrogen-bond donors (Lipinski definition) is 0. The molecule has 1 amide bonds. The molecule has 26 heavy (non-hydrogen) atoms. The number of carbonyl (C=O) groups is 1. The largest absolute Gasteiger partial charge is 0.378 e. The van der Waals surface area contributed by atoms with E-state index in [1.165, 1.54) is 6.08 Å². The molecule has 3 aromatic rings. The number of fused-ring (bicyclic) bond motifs is 1. The standard InChI is InChI=1S/C20H21ClN4O/c1-23(2)16-9-7-15(8-10-16)14-24(3)19(26)12-11-17-20(21)22-18-6-4-5-13-25(17)18/h4-13H,14H2,1-3H3/b12-11+. The quantitative estimate of drug-likeness (QED) is 0.644. The fourth-order valence-electron chi connectivity index (χ4n) is 2.66. The lowest BCUT2D eigenvalue weighted by atomic mass is 10.2. The zero-order valence-electron chi connectivity index (χ0n) is 15.1. The number of rotatable bonds is 5. The smallest absolute Gasteiger partial charge is 0.246 e. The van der Waals surface area contributed by atoms with Gasteiger partial charge in [-0.2, -0.15) is 0 Å². The van der Waals surface area contributed by atoms with Crippen LogP contribution < -0.4 is 4.90 Å². The molecule has 0 fully saturated rings. The van der Waals surface area contributed by atoms with Crippen molar-refractivity contribution in [2.24, 2.45) is 0 Å². The van der Waals surface area contributed by atoms with E-state index < -0.39 is 0 Å². The molecule has 0 unspecified atom stereocenters. The number of amides is 1. The number of halogens is 1. The molecule has 3 rings (SSSR count). The second kappa shape index (κ2) is 7.62. The molecule has 134 valence electrons. The van der Waals surface area contributed by atoms with E-state index in [4.69, 9.17) is 11.6 Å². The molecule has 0 saturated carbocycles. The summed E-state index contributed by atoms with van der Waals surface area (Å²) in [5, 5.41) is 0.377. The summed E-state index contributed by atoms with van der Waals surface area (Å²) < 4.78 is 1.85. The van der Waals surface area contributed by atoms with Crippen molar-refractivity contribution in [3.8, 4) is 0 Å². The SMILES string of the molecule is CN(Cc1ccc(N(C)C)cc1)C(=O)/C=C/c1c(Cl)nc2ccccn12. The van der Waals surface area contributed by atoms with Crippen LogP contribution in [0.25, 0.3) is 11.7 Å². The number of pyridine rings is 1. The average Bonchev–Trinajstić information content (AvgIpc) is 2.95. The van der Waals surface area contributed by atoms with Crippen LogP contribution in [0, 0.1) is 0 Å². The monoisotopic (exact) mass is 368 g/mol. The van der Waals surface area contributed by atoms with E-state index in [0.717, 1.165) is 16.9 Å². The number of hydrogen-bond acceptors (Lipinski definition) is 3. The van der Waals surface area contributed by atoms with Crippen LogP contribution in [-0.2, 0) is 11.3 Å². The first kappa shape index (κ1) is 18.0. The molecule has 0 radical (unpaired) electrons. The molecular formula is C20H21ClN4O. The maximum Gasteiger partial charge on any atom is 0.246 e. The highest BCUT2D eigenvalue weighted by molar-refractivity contribution is 6.31. The fraction of sp³-hybridized carbons (Fsp3) is 0.200. The number of carbonyl (C=O) groups excluding carboxylic acids is 1. The van der Waals surface area contributed by atoms with Crippen LogP contribution in [0.5, 0.6) is 0 Å². The van der Waals surface area contributed by atoms with Gasteiger partial charge in [0.1, 0.15) is 5.65 Å². The van der Waals surface area contributed by atoms with Crippen LogP contribution in [0.3, 0.4) is 0 Å². The van der Waals surface area contributed by atoms with Crippen molar-refractivity contribution in [1.82, 2.24) is 14.3 Å². The first-order valence-corrected chi connectivity index (χ1v) is 8.65. The van der Waals surface area contributed by atoms with Crippen molar-refractivity contribution in [2.45, 2.75) is 6.54 Å². The minimum Gasteiger partial charge on any atom is -0.378 e. The van der Waals surface area contributed by atoms with Gasteiger partial charge < -0.3 is 9.80 Å². The van der Waals surface area contributed by atoms with Crippen LogP contribution in [0.1, 0.15) is 11.3 Å². The van der Waals surface area contributed by atoms with E-state index in [0.29, 0.717) is 17.4 Å². The molecule has 2 heterocycles. The van der Waals surface area contributed by atoms with Crippen LogP contribution in [0.2, 0.25) is 5.15 Å². The van der Waals surface area contributed by atoms with E-state index in [2.05, 4.69) is 4.98 Å². The third-order valence-corrected chi connectivity index (χ3v) is 4.43. The first-order valence-electron chi connectivity index (χ1n) is 8.28. The van der Waals surface area contributed by atoms with Gasteiger partial charge in [0.25, 0.3) is 0 Å². The number of aromatic nitrogens is 2. The number of nitrogens with zero attached hydrogens (tertiary/aromatic N) is 4. The van der Waals surface area contributed by atoms with Gasteiger partial charge in [-0.15, -0.1) is 0 Å². The van der Waals surface area contributed by atoms with E-state index in [1.807, 2.05) is 72.1 Å². The normalized spacial score (nSPS) is 11.2. The summed E-state index contributed by atoms with van der Waals surface area (Å²) in [6.07, 6.45) is 5.10. The topological polar surface area (TPSA) is 40.8 Å². The van der Waals surface area contributed by atoms with Gasteiger partial charge in [0.05, 0.1) is 5.69 Å². The van der Waals surface area contributed by atoms with Gasteiger partial charge in [-0.05, 0) is 35.9 Å². The average molecular weight is 369 g/mol. The van der Waals surface area contributed by atoms with Gasteiger partial charge >= 0.3 is 0 Å². The summed E-state index contributed by atoms with van der Waals surface area (Å²) >= 11 is 6.19. The summed E-state index contributed by atoms with van der Waals surface area (Å²) in [7, 11) is 5.78. The highest BCUT2D eigenvalue weighted by Gasteiger charge is 2.10. The van der Waals surface area contributed by atoms with E-state index in [1.54, 1.807) is 18.0 Å². The summed E-state index contributed by atoms with van der Waals surface area (Å²) in [4.78, 5) is 20.4. The molecule has 0 spiro atoms. The lowest BCUT2D eigenvalue weighted by molar-refractivity contribution is -0.125. The van der Waals surface area contributed by atoms with Crippen LogP contribution in [-0.4, -0.2) is 41.3 Å². The summed E-state index contributed by atoms with van der Waals surface area (Å²) in [5.41, 5.74) is 3.65. The highest BCUT2D eigenvalue weighted by atomic mass is 35.5. The molecule has 0 aliphatic carbocycles. The van der Waals surface area contributed by atoms with Crippen molar-refractivity contribution in [1.29, 1.82) is 0 Å². The number of imidazole rings is 1. The molecule has 0 atom stereocenters. The van der Waals surface area contributed by atoms with Gasteiger partial charge in [0.15, 0.2) is 5.15 Å². The molecule has 6 heteroatoms. The predicted molar refractivity (Wildman–Crippen MR) is 106 cm³/mol. The molecule has 0 bridgehead atoms. The fourth-order valence-corrected chi connectivity index (χ4v) is 2.90. The van der Waals surface area contributed by atoms with E-state index in [9.17, 15) is 4.79 Å². The van der Waals surface area contributed by atoms with Crippen LogP contribution in [0.4, 0.5) is 5.69 Å². The zero-order chi connectivity index (χ0) is 18.7. The maximum absolute atomic E-state index is 12.4. The molecule has 5 nitrogen and oxygen atoms in total. The Labute approximate surface area is 158 Å². The highest BCUT2D eigenvalue weighted by Crippen LogP contribution is 2.19. The molecule has 0 N–H and O–H groups in total. The summed E-state index contributed by atoms with van der Waals surface area (Å²) in [5.74, 6) is -0.0939. The van der Waals surface area contributed by atoms with Crippen molar-refractivity contribution in [2.75, 3.05) is 26.0 Å². The molecule has 0 aliphatic heterocycles. The second-order valence-corrected chi connectivity index (χ2v) is 6.66. The molecule has 0 saturated heterocycles. The first-order chi connectivity index (χ1) is 12.5. The van der Waals surface area contributed by atoms with Crippen LogP contribution >= 0.6 is 11.6 Å². The third-order valence-electron chi connectivity index (χ3n) is 4.15. The number of likely N-dealkylation sites (N-methyl/N-ethyl adjacent to an activating group) is 1. The maximum atomic E-state index is 12.4. The Morgan fingerprint density at radius 1 is 1.15 bits per heavy atom. The molecule has 1 aromatic carbocycles. The number of benzene rings is 1. The van der Waals surface area contributed by atoms with E-state index >= 15 is 0 Å². The Balaban J connectivity index is 1.70. The second-order valence-electron chi connectivity index (χ2n) is 6.31. The van der Waals surface area contributed by atoms with Crippen molar-refractivity contribution >= 4 is 34.9 Å². The Morgan fingerprint density at radius 2 is 1.88 bits per heavy atom. The minimum absolute atomic E-state index is 0.0939. The molecular weight excluding hydrogens is 348 g/mol. The lowest BCUT2D eigenvalue weighted by Crippen LogP contribution is -2.24. The van der Waals surface area contributed by atoms with Crippen molar-refractivity contribution in [3.63, 3.8) is 0 Å². The predicted octanol–water partition coefficient (Wildman–Crippen LogP) is 3.73. The van der Waals surface area contributed by atoms with Gasteiger partial charge in [0, 0.05) is 45.6 Å². The van der Waals surface area contributed by atoms with Gasteiger partial charge in [-0.1, -0.05) is 29.8 Å². The zero-order valence-corrected chi connectivity index (χ0v) is 15.8. The Morgan fingerprint density at radius 3 is 2.58 bits per heavy atom. The molecule has 0 aliphatic rings. The van der Waals surface area contributed by atoms with Gasteiger partial charge in [-0.25, -0.2) is 4.98 Å². The van der Waals surface area contributed by atoms with Crippen LogP contribution in [0.15, 0.2) is 54.7 Å². The lowest BCUT2D eigenvalue weighted by Gasteiger charge is -2.17. The summed E-state index contributed by atoms with van der Waals surface area (Å²) in [6.45, 7) is 0.539. The summed E-state index contributed by atoms with van der Waals surface area (Å²) in [6, 6.07) is 13.8. The number of anilines is 1. The Bertz CT molecular complexity index is 944. The Kier molecular flexibility index (Phi) is 5.28. The third kappa shape index (κ3) is 3.89. The van der Waals surface area contributed by atoms with E-state index in [-0.39, 0.29) is 5.91 Å². The van der Waals surface area contributed by atoms with Gasteiger partial charge in [-0.3, -0.25) is 9.20 Å². The molecule has 2 aromatic heterocycles.